The highest BCUT2D eigenvalue weighted by atomic mass is 16.2. The summed E-state index contributed by atoms with van der Waals surface area (Å²) in [5.74, 6) is -0.533. The van der Waals surface area contributed by atoms with Gasteiger partial charge in [0.1, 0.15) is 5.56 Å². The second kappa shape index (κ2) is 7.56. The van der Waals surface area contributed by atoms with Crippen molar-refractivity contribution in [3.8, 4) is 0 Å². The van der Waals surface area contributed by atoms with E-state index in [0.717, 1.165) is 31.3 Å². The molecule has 1 fully saturated rings. The lowest BCUT2D eigenvalue weighted by Gasteiger charge is -2.18. The first kappa shape index (κ1) is 17.8. The van der Waals surface area contributed by atoms with Crippen LogP contribution in [-0.2, 0) is 0 Å². The highest BCUT2D eigenvalue weighted by molar-refractivity contribution is 6.08. The summed E-state index contributed by atoms with van der Waals surface area (Å²) < 4.78 is 0. The standard InChI is InChI=1S/C21H20N4O3/c26-19-15(13-14-7-1-2-8-16(14)22-19)20(27)23-17-9-3-4-10-18(17)24-21(28)25-11-5-6-12-25/h1-4,7-10,13H,5-6,11-12H2,(H,22,26)(H,23,27)(H,24,28). The van der Waals surface area contributed by atoms with Gasteiger partial charge in [-0.25, -0.2) is 4.79 Å². The van der Waals surface area contributed by atoms with Crippen LogP contribution in [0.5, 0.6) is 0 Å². The largest absolute Gasteiger partial charge is 0.325 e. The van der Waals surface area contributed by atoms with E-state index in [1.165, 1.54) is 0 Å². The average molecular weight is 376 g/mol. The summed E-state index contributed by atoms with van der Waals surface area (Å²) in [6.45, 7) is 1.46. The minimum Gasteiger partial charge on any atom is -0.325 e. The van der Waals surface area contributed by atoms with Crippen molar-refractivity contribution in [2.24, 2.45) is 0 Å². The van der Waals surface area contributed by atoms with Gasteiger partial charge in [0.15, 0.2) is 0 Å². The molecule has 3 aromatic rings. The van der Waals surface area contributed by atoms with Crippen molar-refractivity contribution in [1.29, 1.82) is 0 Å². The zero-order valence-electron chi connectivity index (χ0n) is 15.2. The summed E-state index contributed by atoms with van der Waals surface area (Å²) in [5, 5.41) is 6.34. The summed E-state index contributed by atoms with van der Waals surface area (Å²) >= 11 is 0. The highest BCUT2D eigenvalue weighted by Gasteiger charge is 2.19. The molecule has 0 spiro atoms. The van der Waals surface area contributed by atoms with Crippen molar-refractivity contribution >= 4 is 34.2 Å². The van der Waals surface area contributed by atoms with Gasteiger partial charge in [0.25, 0.3) is 11.5 Å². The average Bonchev–Trinajstić information content (AvgIpc) is 3.24. The molecule has 2 aromatic carbocycles. The van der Waals surface area contributed by atoms with E-state index in [1.807, 2.05) is 18.2 Å². The molecule has 0 radical (unpaired) electrons. The number of aromatic nitrogens is 1. The van der Waals surface area contributed by atoms with E-state index < -0.39 is 11.5 Å². The van der Waals surface area contributed by atoms with Crippen LogP contribution >= 0.6 is 0 Å². The molecule has 0 saturated carbocycles. The second-order valence-corrected chi connectivity index (χ2v) is 6.72. The van der Waals surface area contributed by atoms with Crippen LogP contribution in [0.15, 0.2) is 59.4 Å². The lowest BCUT2D eigenvalue weighted by atomic mass is 10.1. The first-order chi connectivity index (χ1) is 13.6. The van der Waals surface area contributed by atoms with Gasteiger partial charge < -0.3 is 20.5 Å². The number of nitrogens with one attached hydrogen (secondary N) is 3. The van der Waals surface area contributed by atoms with Gasteiger partial charge in [-0.05, 0) is 42.5 Å². The van der Waals surface area contributed by atoms with Gasteiger partial charge in [0.05, 0.1) is 11.4 Å². The van der Waals surface area contributed by atoms with E-state index in [2.05, 4.69) is 15.6 Å². The van der Waals surface area contributed by atoms with Gasteiger partial charge >= 0.3 is 6.03 Å². The molecule has 7 heteroatoms. The van der Waals surface area contributed by atoms with Gasteiger partial charge in [0, 0.05) is 18.6 Å². The molecule has 28 heavy (non-hydrogen) atoms. The zero-order chi connectivity index (χ0) is 19.5. The van der Waals surface area contributed by atoms with E-state index >= 15 is 0 Å². The number of benzene rings is 2. The summed E-state index contributed by atoms with van der Waals surface area (Å²) in [7, 11) is 0. The van der Waals surface area contributed by atoms with Crippen molar-refractivity contribution in [1.82, 2.24) is 9.88 Å². The molecule has 0 unspecified atom stereocenters. The number of urea groups is 1. The molecule has 0 atom stereocenters. The van der Waals surface area contributed by atoms with Gasteiger partial charge in [-0.2, -0.15) is 0 Å². The van der Waals surface area contributed by atoms with Gasteiger partial charge in [0.2, 0.25) is 0 Å². The SMILES string of the molecule is O=C(Nc1ccccc1NC(=O)N1CCCC1)c1cc2ccccc2[nH]c1=O. The number of rotatable bonds is 3. The molecule has 3 N–H and O–H groups in total. The molecule has 1 aliphatic heterocycles. The zero-order valence-corrected chi connectivity index (χ0v) is 15.2. The predicted molar refractivity (Wildman–Crippen MR) is 109 cm³/mol. The van der Waals surface area contributed by atoms with Crippen molar-refractivity contribution in [3.63, 3.8) is 0 Å². The molecule has 0 bridgehead atoms. The molecule has 1 saturated heterocycles. The number of carbonyl (C=O) groups is 2. The molecular weight excluding hydrogens is 356 g/mol. The third-order valence-electron chi connectivity index (χ3n) is 4.81. The number of amides is 3. The van der Waals surface area contributed by atoms with Crippen LogP contribution in [0.3, 0.4) is 0 Å². The Morgan fingerprint density at radius 1 is 0.893 bits per heavy atom. The number of carbonyl (C=O) groups excluding carboxylic acids is 2. The molecule has 142 valence electrons. The summed E-state index contributed by atoms with van der Waals surface area (Å²) in [6.07, 6.45) is 1.99. The Morgan fingerprint density at radius 2 is 1.54 bits per heavy atom. The maximum atomic E-state index is 12.7. The molecule has 4 rings (SSSR count). The van der Waals surface area contributed by atoms with E-state index in [4.69, 9.17) is 0 Å². The van der Waals surface area contributed by atoms with Crippen LogP contribution in [0, 0.1) is 0 Å². The number of hydrogen-bond donors (Lipinski definition) is 3. The Balaban J connectivity index is 1.57. The number of pyridine rings is 1. The fraction of sp³-hybridized carbons (Fsp3) is 0.190. The third-order valence-corrected chi connectivity index (χ3v) is 4.81. The van der Waals surface area contributed by atoms with Crippen LogP contribution in [-0.4, -0.2) is 34.9 Å². The van der Waals surface area contributed by atoms with Crippen LogP contribution in [0.2, 0.25) is 0 Å². The number of nitrogens with zero attached hydrogens (tertiary/aromatic N) is 1. The van der Waals surface area contributed by atoms with Gasteiger partial charge in [-0.1, -0.05) is 30.3 Å². The van der Waals surface area contributed by atoms with Crippen LogP contribution in [0.4, 0.5) is 16.2 Å². The second-order valence-electron chi connectivity index (χ2n) is 6.72. The Kier molecular flexibility index (Phi) is 4.80. The lowest BCUT2D eigenvalue weighted by Crippen LogP contribution is -2.32. The van der Waals surface area contributed by atoms with E-state index in [0.29, 0.717) is 16.9 Å². The topological polar surface area (TPSA) is 94.3 Å². The van der Waals surface area contributed by atoms with Crippen molar-refractivity contribution in [2.45, 2.75) is 12.8 Å². The molecule has 0 aliphatic carbocycles. The van der Waals surface area contributed by atoms with Crippen LogP contribution < -0.4 is 16.2 Å². The molecule has 1 aromatic heterocycles. The summed E-state index contributed by atoms with van der Waals surface area (Å²) in [4.78, 5) is 41.9. The van der Waals surface area contributed by atoms with Crippen molar-refractivity contribution in [2.75, 3.05) is 23.7 Å². The number of likely N-dealkylation sites (tertiary alicyclic amines) is 1. The first-order valence-corrected chi connectivity index (χ1v) is 9.20. The monoisotopic (exact) mass is 376 g/mol. The van der Waals surface area contributed by atoms with Gasteiger partial charge in [-0.15, -0.1) is 0 Å². The Bertz CT molecular complexity index is 1100. The fourth-order valence-corrected chi connectivity index (χ4v) is 3.32. The minimum absolute atomic E-state index is 0.0133. The number of anilines is 2. The Morgan fingerprint density at radius 3 is 2.29 bits per heavy atom. The van der Waals surface area contributed by atoms with Crippen molar-refractivity contribution < 1.29 is 9.59 Å². The Labute approximate surface area is 161 Å². The maximum Gasteiger partial charge on any atom is 0.321 e. The highest BCUT2D eigenvalue weighted by Crippen LogP contribution is 2.23. The molecular formula is C21H20N4O3. The number of H-pyrrole nitrogens is 1. The molecule has 1 aliphatic rings. The first-order valence-electron chi connectivity index (χ1n) is 9.20. The quantitative estimate of drug-likeness (QED) is 0.654. The lowest BCUT2D eigenvalue weighted by molar-refractivity contribution is 0.102. The number of aromatic amines is 1. The number of fused-ring (bicyclic) bond motifs is 1. The van der Waals surface area contributed by atoms with Crippen LogP contribution in [0.1, 0.15) is 23.2 Å². The fourth-order valence-electron chi connectivity index (χ4n) is 3.32. The van der Waals surface area contributed by atoms with E-state index in [9.17, 15) is 14.4 Å². The minimum atomic E-state index is -0.533. The van der Waals surface area contributed by atoms with E-state index in [-0.39, 0.29) is 11.6 Å². The van der Waals surface area contributed by atoms with Crippen molar-refractivity contribution in [3.05, 3.63) is 70.5 Å². The van der Waals surface area contributed by atoms with Crippen LogP contribution in [0.25, 0.3) is 10.9 Å². The summed E-state index contributed by atoms with van der Waals surface area (Å²) in [5.41, 5.74) is 1.15. The molecule has 7 nitrogen and oxygen atoms in total. The number of para-hydroxylation sites is 3. The summed E-state index contributed by atoms with van der Waals surface area (Å²) in [6, 6.07) is 15.6. The smallest absolute Gasteiger partial charge is 0.321 e. The molecule has 2 heterocycles. The van der Waals surface area contributed by atoms with E-state index in [1.54, 1.807) is 41.3 Å². The third kappa shape index (κ3) is 3.59. The predicted octanol–water partition coefficient (Wildman–Crippen LogP) is 3.41. The number of hydrogen-bond acceptors (Lipinski definition) is 3. The molecule has 3 amide bonds. The maximum absolute atomic E-state index is 12.7. The normalized spacial score (nSPS) is 13.5. The van der Waals surface area contributed by atoms with Gasteiger partial charge in [-0.3, -0.25) is 9.59 Å². The Hall–Kier alpha value is -3.61.